The molecule has 0 aliphatic rings. The highest BCUT2D eigenvalue weighted by molar-refractivity contribution is 7.99. The van der Waals surface area contributed by atoms with Gasteiger partial charge < -0.3 is 19.1 Å². The Hall–Kier alpha value is -2.38. The summed E-state index contributed by atoms with van der Waals surface area (Å²) in [6.07, 6.45) is 2.30. The van der Waals surface area contributed by atoms with Crippen molar-refractivity contribution < 1.29 is 19.4 Å². The van der Waals surface area contributed by atoms with E-state index >= 15 is 0 Å². The van der Waals surface area contributed by atoms with Gasteiger partial charge >= 0.3 is 5.97 Å². The van der Waals surface area contributed by atoms with E-state index in [9.17, 15) is 4.79 Å². The van der Waals surface area contributed by atoms with Gasteiger partial charge in [0.25, 0.3) is 0 Å². The van der Waals surface area contributed by atoms with E-state index < -0.39 is 11.2 Å². The summed E-state index contributed by atoms with van der Waals surface area (Å²) in [7, 11) is 3.59. The van der Waals surface area contributed by atoms with E-state index in [-0.39, 0.29) is 12.4 Å². The SMILES string of the molecule is COc1ccc2nc(COc3ccc(CC(SC)C(=O)O)cc3)n(C)c2c1.Cl. The Kier molecular flexibility index (Phi) is 7.60. The molecule has 150 valence electrons. The molecule has 0 aliphatic carbocycles. The molecule has 1 heterocycles. The Morgan fingerprint density at radius 2 is 1.89 bits per heavy atom. The number of thioether (sulfide) groups is 1. The number of fused-ring (bicyclic) bond motifs is 1. The first-order valence-electron chi connectivity index (χ1n) is 8.48. The van der Waals surface area contributed by atoms with E-state index in [0.717, 1.165) is 33.9 Å². The van der Waals surface area contributed by atoms with Gasteiger partial charge in [-0.05, 0) is 42.5 Å². The number of aliphatic carboxylic acids is 1. The number of benzene rings is 2. The number of carbonyl (C=O) groups is 1. The smallest absolute Gasteiger partial charge is 0.316 e. The van der Waals surface area contributed by atoms with Gasteiger partial charge in [-0.2, -0.15) is 0 Å². The van der Waals surface area contributed by atoms with Crippen LogP contribution in [0.3, 0.4) is 0 Å². The van der Waals surface area contributed by atoms with Gasteiger partial charge in [0.1, 0.15) is 29.2 Å². The monoisotopic (exact) mass is 422 g/mol. The summed E-state index contributed by atoms with van der Waals surface area (Å²) in [5.74, 6) is 1.54. The van der Waals surface area contributed by atoms with Crippen LogP contribution in [-0.4, -0.2) is 39.2 Å². The second-order valence-corrected chi connectivity index (χ2v) is 7.18. The van der Waals surface area contributed by atoms with E-state index in [4.69, 9.17) is 14.6 Å². The molecule has 8 heteroatoms. The van der Waals surface area contributed by atoms with Gasteiger partial charge in [0.15, 0.2) is 0 Å². The van der Waals surface area contributed by atoms with Gasteiger partial charge in [-0.1, -0.05) is 12.1 Å². The Morgan fingerprint density at radius 3 is 2.50 bits per heavy atom. The van der Waals surface area contributed by atoms with Crippen LogP contribution in [0.25, 0.3) is 11.0 Å². The van der Waals surface area contributed by atoms with Crippen LogP contribution >= 0.6 is 24.2 Å². The van der Waals surface area contributed by atoms with E-state index in [1.807, 2.05) is 60.3 Å². The zero-order valence-corrected chi connectivity index (χ0v) is 17.5. The number of hydrogen-bond acceptors (Lipinski definition) is 5. The molecule has 6 nitrogen and oxygen atoms in total. The zero-order valence-electron chi connectivity index (χ0n) is 15.9. The second-order valence-electron chi connectivity index (χ2n) is 6.14. The maximum Gasteiger partial charge on any atom is 0.316 e. The molecule has 2 aromatic carbocycles. The van der Waals surface area contributed by atoms with E-state index in [1.54, 1.807) is 7.11 Å². The number of nitrogens with zero attached hydrogens (tertiary/aromatic N) is 2. The number of halogens is 1. The third-order valence-electron chi connectivity index (χ3n) is 4.45. The first kappa shape index (κ1) is 21.9. The number of methoxy groups -OCH3 is 1. The molecule has 1 atom stereocenters. The molecule has 0 radical (unpaired) electrons. The van der Waals surface area contributed by atoms with Crippen LogP contribution in [0.15, 0.2) is 42.5 Å². The lowest BCUT2D eigenvalue weighted by Gasteiger charge is -2.10. The van der Waals surface area contributed by atoms with Crippen molar-refractivity contribution in [2.24, 2.45) is 7.05 Å². The molecule has 1 unspecified atom stereocenters. The number of imidazole rings is 1. The van der Waals surface area contributed by atoms with Crippen LogP contribution in [0.5, 0.6) is 11.5 Å². The van der Waals surface area contributed by atoms with Gasteiger partial charge in [0.2, 0.25) is 0 Å². The lowest BCUT2D eigenvalue weighted by atomic mass is 10.1. The summed E-state index contributed by atoms with van der Waals surface area (Å²) < 4.78 is 13.1. The van der Waals surface area contributed by atoms with Crippen molar-refractivity contribution in [2.45, 2.75) is 18.3 Å². The van der Waals surface area contributed by atoms with Crippen molar-refractivity contribution in [3.63, 3.8) is 0 Å². The summed E-state index contributed by atoms with van der Waals surface area (Å²) in [5, 5.41) is 8.72. The van der Waals surface area contributed by atoms with Gasteiger partial charge in [-0.15, -0.1) is 24.2 Å². The maximum absolute atomic E-state index is 11.1. The third-order valence-corrected chi connectivity index (χ3v) is 5.39. The minimum absolute atomic E-state index is 0. The standard InChI is InChI=1S/C20H22N2O4S.ClH/c1-22-17-11-15(25-2)8-9-16(17)21-19(22)12-26-14-6-4-13(5-7-14)10-18(27-3)20(23)24;/h4-9,11,18H,10,12H2,1-3H3,(H,23,24);1H. The summed E-state index contributed by atoms with van der Waals surface area (Å²) in [6, 6.07) is 13.3. The molecule has 0 bridgehead atoms. The number of carboxylic acids is 1. The van der Waals surface area contributed by atoms with E-state index in [2.05, 4.69) is 4.98 Å². The molecular formula is C20H23ClN2O4S. The highest BCUT2D eigenvalue weighted by atomic mass is 35.5. The lowest BCUT2D eigenvalue weighted by molar-refractivity contribution is -0.136. The summed E-state index contributed by atoms with van der Waals surface area (Å²) in [4.78, 5) is 15.7. The van der Waals surface area contributed by atoms with Gasteiger partial charge in [-0.3, -0.25) is 4.79 Å². The van der Waals surface area contributed by atoms with Crippen molar-refractivity contribution in [2.75, 3.05) is 13.4 Å². The van der Waals surface area contributed by atoms with Crippen molar-refractivity contribution in [3.05, 3.63) is 53.9 Å². The summed E-state index contributed by atoms with van der Waals surface area (Å²) in [5.41, 5.74) is 2.85. The van der Waals surface area contributed by atoms with Gasteiger partial charge in [0, 0.05) is 13.1 Å². The molecule has 1 aromatic heterocycles. The highest BCUT2D eigenvalue weighted by Crippen LogP contribution is 2.22. The molecule has 3 aromatic rings. The van der Waals surface area contributed by atoms with Crippen LogP contribution in [0.1, 0.15) is 11.4 Å². The molecular weight excluding hydrogens is 400 g/mol. The topological polar surface area (TPSA) is 73.6 Å². The van der Waals surface area contributed by atoms with Crippen molar-refractivity contribution in [1.29, 1.82) is 0 Å². The Morgan fingerprint density at radius 1 is 1.21 bits per heavy atom. The van der Waals surface area contributed by atoms with Crippen molar-refractivity contribution in [3.8, 4) is 11.5 Å². The van der Waals surface area contributed by atoms with Crippen molar-refractivity contribution >= 4 is 41.2 Å². The number of carboxylic acid groups (broad SMARTS) is 1. The number of aromatic nitrogens is 2. The highest BCUT2D eigenvalue weighted by Gasteiger charge is 2.16. The normalized spacial score (nSPS) is 11.7. The first-order chi connectivity index (χ1) is 13.0. The summed E-state index contributed by atoms with van der Waals surface area (Å²) in [6.45, 7) is 0.343. The number of aryl methyl sites for hydroxylation is 1. The number of rotatable bonds is 8. The lowest BCUT2D eigenvalue weighted by Crippen LogP contribution is -2.18. The average molecular weight is 423 g/mol. The fourth-order valence-electron chi connectivity index (χ4n) is 2.83. The largest absolute Gasteiger partial charge is 0.497 e. The molecule has 0 saturated carbocycles. The molecule has 0 aliphatic heterocycles. The minimum atomic E-state index is -0.790. The average Bonchev–Trinajstić information content (AvgIpc) is 3.00. The van der Waals surface area contributed by atoms with Crippen LogP contribution in [0.2, 0.25) is 0 Å². The van der Waals surface area contributed by atoms with Crippen LogP contribution in [0, 0.1) is 0 Å². The minimum Gasteiger partial charge on any atom is -0.497 e. The molecule has 0 saturated heterocycles. The Bertz CT molecular complexity index is 943. The van der Waals surface area contributed by atoms with E-state index in [1.165, 1.54) is 11.8 Å². The maximum atomic E-state index is 11.1. The molecule has 3 rings (SSSR count). The molecule has 28 heavy (non-hydrogen) atoms. The van der Waals surface area contributed by atoms with E-state index in [0.29, 0.717) is 13.0 Å². The van der Waals surface area contributed by atoms with Crippen LogP contribution in [0.4, 0.5) is 0 Å². The predicted molar refractivity (Wildman–Crippen MR) is 114 cm³/mol. The van der Waals surface area contributed by atoms with Crippen molar-refractivity contribution in [1.82, 2.24) is 9.55 Å². The van der Waals surface area contributed by atoms with Gasteiger partial charge in [0.05, 0.1) is 18.1 Å². The third kappa shape index (κ3) is 4.91. The van der Waals surface area contributed by atoms with Crippen LogP contribution < -0.4 is 9.47 Å². The van der Waals surface area contributed by atoms with Gasteiger partial charge in [-0.25, -0.2) is 4.98 Å². The predicted octanol–water partition coefficient (Wildman–Crippen LogP) is 3.94. The quantitative estimate of drug-likeness (QED) is 0.592. The Labute approximate surface area is 174 Å². The molecule has 0 fully saturated rings. The fourth-order valence-corrected chi connectivity index (χ4v) is 3.39. The molecule has 1 N–H and O–H groups in total. The molecule has 0 spiro atoms. The Balaban J connectivity index is 0.00000280. The fraction of sp³-hybridized carbons (Fsp3) is 0.300. The first-order valence-corrected chi connectivity index (χ1v) is 9.77. The number of hydrogen-bond donors (Lipinski definition) is 1. The summed E-state index contributed by atoms with van der Waals surface area (Å²) >= 11 is 1.34. The zero-order chi connectivity index (χ0) is 19.4. The number of ether oxygens (including phenoxy) is 2. The second kappa shape index (κ2) is 9.71. The molecule has 0 amide bonds. The van der Waals surface area contributed by atoms with Crippen LogP contribution in [-0.2, 0) is 24.9 Å².